The van der Waals surface area contributed by atoms with Gasteiger partial charge in [-0.3, -0.25) is 0 Å². The van der Waals surface area contributed by atoms with Crippen LogP contribution in [-0.4, -0.2) is 20.7 Å². The normalized spacial score (nSPS) is 12.5. The first-order valence-electron chi connectivity index (χ1n) is 7.12. The van der Waals surface area contributed by atoms with E-state index in [4.69, 9.17) is 16.1 Å². The van der Waals surface area contributed by atoms with Crippen molar-refractivity contribution >= 4 is 11.6 Å². The second-order valence-electron chi connectivity index (χ2n) is 5.20. The Morgan fingerprint density at radius 3 is 3.00 bits per heavy atom. The summed E-state index contributed by atoms with van der Waals surface area (Å²) in [5.41, 5.74) is 1.71. The predicted molar refractivity (Wildman–Crippen MR) is 85.5 cm³/mol. The van der Waals surface area contributed by atoms with E-state index in [-0.39, 0.29) is 0 Å². The molecule has 6 heteroatoms. The summed E-state index contributed by atoms with van der Waals surface area (Å²) in [6, 6.07) is 9.79. The second-order valence-corrected chi connectivity index (χ2v) is 5.61. The maximum atomic E-state index is 6.16. The van der Waals surface area contributed by atoms with Gasteiger partial charge in [0.1, 0.15) is 0 Å². The molecule has 3 rings (SSSR count). The molecule has 0 radical (unpaired) electrons. The lowest BCUT2D eigenvalue weighted by molar-refractivity contribution is 0.411. The molecule has 5 nitrogen and oxygen atoms in total. The quantitative estimate of drug-likeness (QED) is 0.757. The summed E-state index contributed by atoms with van der Waals surface area (Å²) >= 11 is 6.16. The molecule has 1 aromatic carbocycles. The highest BCUT2D eigenvalue weighted by molar-refractivity contribution is 6.33. The zero-order valence-electron chi connectivity index (χ0n) is 12.2. The van der Waals surface area contributed by atoms with Gasteiger partial charge >= 0.3 is 0 Å². The van der Waals surface area contributed by atoms with E-state index >= 15 is 0 Å². The van der Waals surface area contributed by atoms with Crippen LogP contribution in [0.1, 0.15) is 12.6 Å². The Kier molecular flexibility index (Phi) is 4.56. The largest absolute Gasteiger partial charge is 0.356 e. The van der Waals surface area contributed by atoms with Gasteiger partial charge in [0.15, 0.2) is 5.76 Å². The van der Waals surface area contributed by atoms with Gasteiger partial charge in [-0.25, -0.2) is 4.98 Å². The van der Waals surface area contributed by atoms with Crippen LogP contribution in [0.5, 0.6) is 0 Å². The van der Waals surface area contributed by atoms with E-state index in [9.17, 15) is 0 Å². The third-order valence-electron chi connectivity index (χ3n) is 3.37. The van der Waals surface area contributed by atoms with Gasteiger partial charge < -0.3 is 14.4 Å². The third kappa shape index (κ3) is 3.55. The first kappa shape index (κ1) is 14.8. The SMILES string of the molecule is C[C@@H](Cn1ccnc1)NCc1cc(-c2ccccc2Cl)on1. The van der Waals surface area contributed by atoms with Gasteiger partial charge in [-0.1, -0.05) is 28.9 Å². The highest BCUT2D eigenvalue weighted by Gasteiger charge is 2.10. The highest BCUT2D eigenvalue weighted by atomic mass is 35.5. The maximum absolute atomic E-state index is 6.16. The monoisotopic (exact) mass is 316 g/mol. The summed E-state index contributed by atoms with van der Waals surface area (Å²) in [4.78, 5) is 4.03. The van der Waals surface area contributed by atoms with Gasteiger partial charge in [-0.05, 0) is 19.1 Å². The predicted octanol–water partition coefficient (Wildman–Crippen LogP) is 3.37. The molecule has 114 valence electrons. The topological polar surface area (TPSA) is 55.9 Å². The van der Waals surface area contributed by atoms with Crippen LogP contribution in [0, 0.1) is 0 Å². The third-order valence-corrected chi connectivity index (χ3v) is 3.70. The van der Waals surface area contributed by atoms with Crippen molar-refractivity contribution in [2.75, 3.05) is 0 Å². The van der Waals surface area contributed by atoms with Crippen LogP contribution in [-0.2, 0) is 13.1 Å². The minimum Gasteiger partial charge on any atom is -0.356 e. The number of halogens is 1. The van der Waals surface area contributed by atoms with Gasteiger partial charge in [-0.15, -0.1) is 0 Å². The van der Waals surface area contributed by atoms with Gasteiger partial charge in [0.2, 0.25) is 0 Å². The summed E-state index contributed by atoms with van der Waals surface area (Å²) in [6.45, 7) is 3.62. The van der Waals surface area contributed by atoms with Crippen LogP contribution in [0.4, 0.5) is 0 Å². The van der Waals surface area contributed by atoms with E-state index < -0.39 is 0 Å². The highest BCUT2D eigenvalue weighted by Crippen LogP contribution is 2.27. The molecular weight excluding hydrogens is 300 g/mol. The van der Waals surface area contributed by atoms with E-state index in [1.807, 2.05) is 47.4 Å². The minimum absolute atomic E-state index is 0.301. The van der Waals surface area contributed by atoms with Crippen molar-refractivity contribution in [1.82, 2.24) is 20.0 Å². The minimum atomic E-state index is 0.301. The number of nitrogens with zero attached hydrogens (tertiary/aromatic N) is 3. The first-order valence-corrected chi connectivity index (χ1v) is 7.50. The summed E-state index contributed by atoms with van der Waals surface area (Å²) in [5, 5.41) is 8.16. The Hall–Kier alpha value is -2.11. The molecule has 0 saturated carbocycles. The van der Waals surface area contributed by atoms with Crippen molar-refractivity contribution in [3.8, 4) is 11.3 Å². The average Bonchev–Trinajstić information content (AvgIpc) is 3.17. The Balaban J connectivity index is 1.59. The van der Waals surface area contributed by atoms with Crippen LogP contribution in [0.15, 0.2) is 53.6 Å². The fraction of sp³-hybridized carbons (Fsp3) is 0.250. The fourth-order valence-corrected chi connectivity index (χ4v) is 2.47. The lowest BCUT2D eigenvalue weighted by Gasteiger charge is -2.12. The number of nitrogens with one attached hydrogen (secondary N) is 1. The van der Waals surface area contributed by atoms with E-state index in [1.54, 1.807) is 6.20 Å². The molecule has 2 heterocycles. The van der Waals surface area contributed by atoms with Crippen molar-refractivity contribution in [2.45, 2.75) is 26.1 Å². The van der Waals surface area contributed by atoms with Crippen LogP contribution in [0.2, 0.25) is 5.02 Å². The van der Waals surface area contributed by atoms with Crippen LogP contribution >= 0.6 is 11.6 Å². The molecule has 0 saturated heterocycles. The molecule has 3 aromatic rings. The van der Waals surface area contributed by atoms with E-state index in [0.29, 0.717) is 23.4 Å². The molecule has 2 aromatic heterocycles. The zero-order chi connectivity index (χ0) is 15.4. The van der Waals surface area contributed by atoms with Gasteiger partial charge in [0.05, 0.1) is 17.0 Å². The van der Waals surface area contributed by atoms with Crippen molar-refractivity contribution in [3.63, 3.8) is 0 Å². The van der Waals surface area contributed by atoms with Gasteiger partial charge in [0.25, 0.3) is 0 Å². The molecule has 0 amide bonds. The molecule has 0 spiro atoms. The van der Waals surface area contributed by atoms with Crippen LogP contribution < -0.4 is 5.32 Å². The van der Waals surface area contributed by atoms with Gasteiger partial charge in [-0.2, -0.15) is 0 Å². The van der Waals surface area contributed by atoms with Crippen molar-refractivity contribution in [1.29, 1.82) is 0 Å². The van der Waals surface area contributed by atoms with E-state index in [1.165, 1.54) is 0 Å². The molecular formula is C16H17ClN4O. The lowest BCUT2D eigenvalue weighted by Crippen LogP contribution is -2.29. The Morgan fingerprint density at radius 2 is 2.23 bits per heavy atom. The smallest absolute Gasteiger partial charge is 0.168 e. The first-order chi connectivity index (χ1) is 10.7. The summed E-state index contributed by atoms with van der Waals surface area (Å²) in [6.07, 6.45) is 5.54. The number of aromatic nitrogens is 3. The zero-order valence-corrected chi connectivity index (χ0v) is 13.0. The molecule has 0 fully saturated rings. The molecule has 1 atom stereocenters. The number of rotatable bonds is 6. The van der Waals surface area contributed by atoms with Crippen molar-refractivity contribution in [2.24, 2.45) is 0 Å². The molecule has 22 heavy (non-hydrogen) atoms. The number of hydrogen-bond donors (Lipinski definition) is 1. The lowest BCUT2D eigenvalue weighted by atomic mass is 10.1. The number of imidazole rings is 1. The maximum Gasteiger partial charge on any atom is 0.168 e. The molecule has 0 aliphatic rings. The molecule has 1 N–H and O–H groups in total. The summed E-state index contributed by atoms with van der Waals surface area (Å²) in [5.74, 6) is 0.685. The summed E-state index contributed by atoms with van der Waals surface area (Å²) < 4.78 is 7.42. The molecule has 0 aliphatic heterocycles. The molecule has 0 aliphatic carbocycles. The van der Waals surface area contributed by atoms with Crippen LogP contribution in [0.25, 0.3) is 11.3 Å². The molecule has 0 unspecified atom stereocenters. The summed E-state index contributed by atoms with van der Waals surface area (Å²) in [7, 11) is 0. The van der Waals surface area contributed by atoms with E-state index in [0.717, 1.165) is 17.8 Å². The number of benzene rings is 1. The Morgan fingerprint density at radius 1 is 1.36 bits per heavy atom. The Labute approximate surface area is 133 Å². The van der Waals surface area contributed by atoms with Gasteiger partial charge in [0, 0.05) is 43.2 Å². The average molecular weight is 317 g/mol. The molecule has 0 bridgehead atoms. The van der Waals surface area contributed by atoms with Crippen molar-refractivity contribution in [3.05, 3.63) is 59.8 Å². The Bertz CT molecular complexity index is 723. The van der Waals surface area contributed by atoms with E-state index in [2.05, 4.69) is 22.4 Å². The number of hydrogen-bond acceptors (Lipinski definition) is 4. The van der Waals surface area contributed by atoms with Crippen molar-refractivity contribution < 1.29 is 4.52 Å². The standard InChI is InChI=1S/C16H17ClN4O/c1-12(10-21-7-6-18-11-21)19-9-13-8-16(22-20-13)14-4-2-3-5-15(14)17/h2-8,11-12,19H,9-10H2,1H3/t12-/m0/s1. The van der Waals surface area contributed by atoms with Crippen LogP contribution in [0.3, 0.4) is 0 Å². The fourth-order valence-electron chi connectivity index (χ4n) is 2.24. The second kappa shape index (κ2) is 6.77.